The lowest BCUT2D eigenvalue weighted by Gasteiger charge is -2.16. The second-order valence-corrected chi connectivity index (χ2v) is 5.62. The molecule has 0 atom stereocenters. The lowest BCUT2D eigenvalue weighted by atomic mass is 10.2. The molecule has 0 spiro atoms. The van der Waals surface area contributed by atoms with Crippen LogP contribution in [0.15, 0.2) is 30.1 Å². The number of benzene rings is 1. The number of ketones is 1. The van der Waals surface area contributed by atoms with E-state index < -0.39 is 0 Å². The van der Waals surface area contributed by atoms with E-state index in [9.17, 15) is 4.79 Å². The number of carbonyl (C=O) groups is 1. The zero-order chi connectivity index (χ0) is 13.4. The van der Waals surface area contributed by atoms with Crippen LogP contribution in [0.1, 0.15) is 18.4 Å². The van der Waals surface area contributed by atoms with Crippen molar-refractivity contribution in [1.29, 1.82) is 0 Å². The molecule has 19 heavy (non-hydrogen) atoms. The number of para-hydroxylation sites is 1. The van der Waals surface area contributed by atoms with E-state index in [1.54, 1.807) is 0 Å². The van der Waals surface area contributed by atoms with Crippen LogP contribution in [0.5, 0.6) is 0 Å². The number of hydrogen-bond donors (Lipinski definition) is 1. The van der Waals surface area contributed by atoms with Gasteiger partial charge in [0.15, 0.2) is 5.78 Å². The van der Waals surface area contributed by atoms with Crippen LogP contribution in [-0.2, 0) is 4.79 Å². The molecule has 1 aromatic carbocycles. The number of nitrogens with two attached hydrogens (primary N) is 1. The maximum absolute atomic E-state index is 12.1. The van der Waals surface area contributed by atoms with E-state index in [0.717, 1.165) is 28.2 Å². The van der Waals surface area contributed by atoms with E-state index in [1.807, 2.05) is 29.2 Å². The third kappa shape index (κ3) is 2.00. The predicted octanol–water partition coefficient (Wildman–Crippen LogP) is 2.22. The van der Waals surface area contributed by atoms with Crippen LogP contribution in [0.25, 0.3) is 15.8 Å². The van der Waals surface area contributed by atoms with E-state index in [1.165, 1.54) is 11.3 Å². The zero-order valence-corrected chi connectivity index (χ0v) is 11.5. The highest BCUT2D eigenvalue weighted by atomic mass is 32.1. The van der Waals surface area contributed by atoms with Crippen molar-refractivity contribution >= 4 is 32.9 Å². The van der Waals surface area contributed by atoms with Crippen LogP contribution < -0.4 is 5.73 Å². The van der Waals surface area contributed by atoms with Gasteiger partial charge in [0.2, 0.25) is 0 Å². The summed E-state index contributed by atoms with van der Waals surface area (Å²) in [6, 6.07) is 7.89. The SMILES string of the molecule is CCCN1CC(=O)C(c2nc3ccccc3s2)=C1N. The summed E-state index contributed by atoms with van der Waals surface area (Å²) in [5, 5.41) is 0.738. The number of hydrogen-bond acceptors (Lipinski definition) is 5. The van der Waals surface area contributed by atoms with Gasteiger partial charge < -0.3 is 10.6 Å². The van der Waals surface area contributed by atoms with Gasteiger partial charge in [-0.15, -0.1) is 11.3 Å². The Bertz CT molecular complexity index is 641. The Balaban J connectivity index is 2.07. The van der Waals surface area contributed by atoms with Gasteiger partial charge in [-0.3, -0.25) is 4.79 Å². The molecule has 5 heteroatoms. The first kappa shape index (κ1) is 12.2. The molecule has 0 aliphatic carbocycles. The fraction of sp³-hybridized carbons (Fsp3) is 0.286. The summed E-state index contributed by atoms with van der Waals surface area (Å²) >= 11 is 1.53. The Morgan fingerprint density at radius 3 is 2.95 bits per heavy atom. The van der Waals surface area contributed by atoms with E-state index in [2.05, 4.69) is 11.9 Å². The second-order valence-electron chi connectivity index (χ2n) is 4.59. The largest absolute Gasteiger partial charge is 0.385 e. The molecular weight excluding hydrogens is 258 g/mol. The Hall–Kier alpha value is -1.88. The minimum absolute atomic E-state index is 0.0741. The highest BCUT2D eigenvalue weighted by Gasteiger charge is 2.30. The number of thiazole rings is 1. The summed E-state index contributed by atoms with van der Waals surface area (Å²) in [4.78, 5) is 18.6. The summed E-state index contributed by atoms with van der Waals surface area (Å²) in [6.45, 7) is 3.27. The molecule has 98 valence electrons. The molecular formula is C14H15N3OS. The molecule has 0 radical (unpaired) electrons. The summed E-state index contributed by atoms with van der Waals surface area (Å²) < 4.78 is 1.08. The number of Topliss-reactive ketones (excluding diaryl/α,β-unsaturated/α-hetero) is 1. The fourth-order valence-electron chi connectivity index (χ4n) is 2.32. The van der Waals surface area contributed by atoms with Crippen molar-refractivity contribution in [3.63, 3.8) is 0 Å². The first-order valence-electron chi connectivity index (χ1n) is 6.34. The smallest absolute Gasteiger partial charge is 0.188 e. The van der Waals surface area contributed by atoms with E-state index in [0.29, 0.717) is 17.9 Å². The van der Waals surface area contributed by atoms with Crippen molar-refractivity contribution in [3.05, 3.63) is 35.1 Å². The standard InChI is InChI=1S/C14H15N3OS/c1-2-7-17-8-10(18)12(13(17)15)14-16-9-5-3-4-6-11(9)19-14/h3-6H,2,7-8,15H2,1H3. The van der Waals surface area contributed by atoms with Crippen molar-refractivity contribution in [2.24, 2.45) is 5.73 Å². The van der Waals surface area contributed by atoms with Gasteiger partial charge >= 0.3 is 0 Å². The topological polar surface area (TPSA) is 59.2 Å². The van der Waals surface area contributed by atoms with Gasteiger partial charge in [-0.05, 0) is 18.6 Å². The third-order valence-corrected chi connectivity index (χ3v) is 4.27. The maximum Gasteiger partial charge on any atom is 0.188 e. The molecule has 1 aromatic heterocycles. The maximum atomic E-state index is 12.1. The fourth-order valence-corrected chi connectivity index (χ4v) is 3.35. The molecule has 1 aliphatic rings. The van der Waals surface area contributed by atoms with Gasteiger partial charge in [-0.25, -0.2) is 4.98 Å². The Morgan fingerprint density at radius 2 is 2.21 bits per heavy atom. The number of carbonyl (C=O) groups excluding carboxylic acids is 1. The van der Waals surface area contributed by atoms with Crippen LogP contribution in [0, 0.1) is 0 Å². The van der Waals surface area contributed by atoms with Crippen molar-refractivity contribution in [2.75, 3.05) is 13.1 Å². The Morgan fingerprint density at radius 1 is 1.42 bits per heavy atom. The quantitative estimate of drug-likeness (QED) is 0.931. The zero-order valence-electron chi connectivity index (χ0n) is 10.7. The van der Waals surface area contributed by atoms with Crippen LogP contribution in [0.3, 0.4) is 0 Å². The van der Waals surface area contributed by atoms with Crippen LogP contribution in [-0.4, -0.2) is 28.8 Å². The first-order valence-corrected chi connectivity index (χ1v) is 7.16. The van der Waals surface area contributed by atoms with E-state index in [4.69, 9.17) is 5.73 Å². The molecule has 0 amide bonds. The average Bonchev–Trinajstić information content (AvgIpc) is 2.91. The second kappa shape index (κ2) is 4.66. The lowest BCUT2D eigenvalue weighted by Crippen LogP contribution is -2.26. The molecule has 3 rings (SSSR count). The molecule has 0 bridgehead atoms. The van der Waals surface area contributed by atoms with Gasteiger partial charge in [-0.1, -0.05) is 19.1 Å². The molecule has 2 heterocycles. The van der Waals surface area contributed by atoms with Gasteiger partial charge in [0.1, 0.15) is 10.8 Å². The van der Waals surface area contributed by atoms with Crippen molar-refractivity contribution in [2.45, 2.75) is 13.3 Å². The summed E-state index contributed by atoms with van der Waals surface area (Å²) in [5.41, 5.74) is 7.62. The molecule has 1 aliphatic heterocycles. The molecule has 0 saturated carbocycles. The molecule has 2 N–H and O–H groups in total. The average molecular weight is 273 g/mol. The van der Waals surface area contributed by atoms with Crippen molar-refractivity contribution in [3.8, 4) is 0 Å². The minimum atomic E-state index is 0.0741. The summed E-state index contributed by atoms with van der Waals surface area (Å²) in [7, 11) is 0. The highest BCUT2D eigenvalue weighted by molar-refractivity contribution is 7.19. The van der Waals surface area contributed by atoms with Gasteiger partial charge in [0.25, 0.3) is 0 Å². The van der Waals surface area contributed by atoms with E-state index >= 15 is 0 Å². The third-order valence-electron chi connectivity index (χ3n) is 3.21. The van der Waals surface area contributed by atoms with E-state index in [-0.39, 0.29) is 5.78 Å². The lowest BCUT2D eigenvalue weighted by molar-refractivity contribution is -0.113. The number of rotatable bonds is 3. The number of aromatic nitrogens is 1. The minimum Gasteiger partial charge on any atom is -0.385 e. The van der Waals surface area contributed by atoms with Crippen LogP contribution in [0.2, 0.25) is 0 Å². The molecule has 0 unspecified atom stereocenters. The number of nitrogens with zero attached hydrogens (tertiary/aromatic N) is 2. The van der Waals surface area contributed by atoms with Gasteiger partial charge in [0.05, 0.1) is 22.3 Å². The van der Waals surface area contributed by atoms with Crippen molar-refractivity contribution in [1.82, 2.24) is 9.88 Å². The number of fused-ring (bicyclic) bond motifs is 1. The van der Waals surface area contributed by atoms with Crippen LogP contribution >= 0.6 is 11.3 Å². The Labute approximate surface area is 115 Å². The normalized spacial score (nSPS) is 15.8. The summed E-state index contributed by atoms with van der Waals surface area (Å²) in [5.74, 6) is 0.649. The van der Waals surface area contributed by atoms with Gasteiger partial charge in [-0.2, -0.15) is 0 Å². The highest BCUT2D eigenvalue weighted by Crippen LogP contribution is 2.32. The molecule has 2 aromatic rings. The molecule has 0 fully saturated rings. The molecule has 4 nitrogen and oxygen atoms in total. The van der Waals surface area contributed by atoms with Gasteiger partial charge in [0, 0.05) is 6.54 Å². The summed E-state index contributed by atoms with van der Waals surface area (Å²) in [6.07, 6.45) is 0.973. The van der Waals surface area contributed by atoms with Crippen molar-refractivity contribution < 1.29 is 4.79 Å². The predicted molar refractivity (Wildman–Crippen MR) is 77.6 cm³/mol. The monoisotopic (exact) mass is 273 g/mol. The Kier molecular flexibility index (Phi) is 2.98. The first-order chi connectivity index (χ1) is 9.20. The molecule has 0 saturated heterocycles. The van der Waals surface area contributed by atoms with Crippen LogP contribution in [0.4, 0.5) is 0 Å².